The zero-order valence-corrected chi connectivity index (χ0v) is 30.3. The highest BCUT2D eigenvalue weighted by Crippen LogP contribution is 2.26. The number of carbonyl (C=O) groups is 2. The van der Waals surface area contributed by atoms with Gasteiger partial charge in [-0.25, -0.2) is 29.1 Å². The first-order valence-electron chi connectivity index (χ1n) is 15.6. The van der Waals surface area contributed by atoms with E-state index >= 15 is 0 Å². The summed E-state index contributed by atoms with van der Waals surface area (Å²) in [4.78, 5) is 40.2. The summed E-state index contributed by atoms with van der Waals surface area (Å²) < 4.78 is 13.9. The molecule has 0 saturated carbocycles. The average Bonchev–Trinajstić information content (AvgIpc) is 3.72. The monoisotopic (exact) mass is 690 g/mol. The second-order valence-electron chi connectivity index (χ2n) is 14.2. The predicted octanol–water partition coefficient (Wildman–Crippen LogP) is 7.20. The zero-order chi connectivity index (χ0) is 36.3. The third-order valence-corrected chi connectivity index (χ3v) is 6.73. The van der Waals surface area contributed by atoms with Gasteiger partial charge in [0.2, 0.25) is 34.8 Å². The first-order valence-corrected chi connectivity index (χ1v) is 16.0. The number of anilines is 2. The minimum absolute atomic E-state index is 0.0405. The number of carbonyl (C=O) groups excluding carboxylic acids is 2. The average molecular weight is 691 g/mol. The molecule has 1 amide bonds. The molecular weight excluding hydrogens is 648 g/mol. The highest BCUT2D eigenvalue weighted by Gasteiger charge is 2.22. The minimum Gasteiger partial charge on any atom is -0.369 e. The van der Waals surface area contributed by atoms with E-state index in [4.69, 9.17) is 26.4 Å². The molecule has 6 aromatic rings. The van der Waals surface area contributed by atoms with Crippen molar-refractivity contribution < 1.29 is 18.6 Å². The van der Waals surface area contributed by atoms with Crippen molar-refractivity contribution in [3.05, 3.63) is 59.2 Å². The van der Waals surface area contributed by atoms with Gasteiger partial charge in [0.25, 0.3) is 0 Å². The maximum Gasteiger partial charge on any atom is 0.240 e. The standard InChI is InChI=1S/C17H21N5O2.C11H11N5O.C6H11ClO/c1-10-6-7-12-15(18-10)22(14-8-11(2)21-24-14)16(19-12)20-13(23)9-17(3,4)5;1-6-3-4-8-10(13-6)16(11(12)14-8)9-5-7(2)15-17-9;1-6(2,3)4-5(7)8/h6-8H,9H2,1-5H3,(H,19,20,23);3-5H,1-2H3,(H2,12,14);4H2,1-3H3. The van der Waals surface area contributed by atoms with E-state index in [-0.39, 0.29) is 22.0 Å². The largest absolute Gasteiger partial charge is 0.369 e. The van der Waals surface area contributed by atoms with Crippen molar-refractivity contribution in [2.45, 2.75) is 82.1 Å². The van der Waals surface area contributed by atoms with Gasteiger partial charge < -0.3 is 14.8 Å². The van der Waals surface area contributed by atoms with E-state index in [9.17, 15) is 9.59 Å². The summed E-state index contributed by atoms with van der Waals surface area (Å²) in [6, 6.07) is 11.1. The summed E-state index contributed by atoms with van der Waals surface area (Å²) >= 11 is 5.12. The van der Waals surface area contributed by atoms with Gasteiger partial charge in [-0.3, -0.25) is 14.9 Å². The van der Waals surface area contributed by atoms with Crippen molar-refractivity contribution in [2.75, 3.05) is 11.1 Å². The van der Waals surface area contributed by atoms with Crippen LogP contribution in [0.1, 0.15) is 77.2 Å². The summed E-state index contributed by atoms with van der Waals surface area (Å²) in [5, 5.41) is 10.4. The van der Waals surface area contributed by atoms with Crippen LogP contribution in [-0.4, -0.2) is 50.5 Å². The Balaban J connectivity index is 0.000000188. The molecule has 0 atom stereocenters. The molecule has 0 aliphatic carbocycles. The number of nitrogens with two attached hydrogens (primary N) is 1. The van der Waals surface area contributed by atoms with E-state index in [2.05, 4.69) is 35.6 Å². The van der Waals surface area contributed by atoms with Crippen molar-refractivity contribution in [1.82, 2.24) is 39.4 Å². The smallest absolute Gasteiger partial charge is 0.240 e. The van der Waals surface area contributed by atoms with E-state index in [1.807, 2.05) is 93.5 Å². The van der Waals surface area contributed by atoms with Crippen molar-refractivity contribution >= 4 is 57.0 Å². The second kappa shape index (κ2) is 14.6. The molecule has 6 aromatic heterocycles. The van der Waals surface area contributed by atoms with Gasteiger partial charge in [-0.15, -0.1) is 0 Å². The summed E-state index contributed by atoms with van der Waals surface area (Å²) in [5.74, 6) is 1.62. The summed E-state index contributed by atoms with van der Waals surface area (Å²) in [6.07, 6.45) is 0.840. The van der Waals surface area contributed by atoms with E-state index < -0.39 is 0 Å². The lowest BCUT2D eigenvalue weighted by molar-refractivity contribution is -0.118. The van der Waals surface area contributed by atoms with Crippen LogP contribution >= 0.6 is 11.6 Å². The number of aromatic nitrogens is 8. The number of halogens is 1. The molecule has 6 heterocycles. The van der Waals surface area contributed by atoms with Crippen LogP contribution in [0.5, 0.6) is 0 Å². The molecule has 0 aromatic carbocycles. The van der Waals surface area contributed by atoms with Crippen molar-refractivity contribution in [2.24, 2.45) is 10.8 Å². The molecule has 14 nitrogen and oxygen atoms in total. The first-order chi connectivity index (χ1) is 22.8. The molecule has 15 heteroatoms. The Kier molecular flexibility index (Phi) is 10.9. The zero-order valence-electron chi connectivity index (χ0n) is 29.5. The van der Waals surface area contributed by atoms with E-state index in [1.54, 1.807) is 21.3 Å². The molecular formula is C34H43ClN10O4. The molecule has 0 fully saturated rings. The van der Waals surface area contributed by atoms with Gasteiger partial charge >= 0.3 is 0 Å². The van der Waals surface area contributed by atoms with Crippen LogP contribution in [0.2, 0.25) is 0 Å². The molecule has 0 spiro atoms. The second-order valence-corrected chi connectivity index (χ2v) is 14.6. The molecule has 6 rings (SSSR count). The fourth-order valence-corrected chi connectivity index (χ4v) is 5.01. The van der Waals surface area contributed by atoms with Gasteiger partial charge in [-0.2, -0.15) is 0 Å². The van der Waals surface area contributed by atoms with Gasteiger partial charge in [0.1, 0.15) is 11.0 Å². The predicted molar refractivity (Wildman–Crippen MR) is 189 cm³/mol. The highest BCUT2D eigenvalue weighted by molar-refractivity contribution is 6.63. The Bertz CT molecular complexity index is 2090. The first kappa shape index (κ1) is 36.7. The number of nitrogen functional groups attached to an aromatic ring is 1. The Morgan fingerprint density at radius 3 is 1.61 bits per heavy atom. The Hall–Kier alpha value is -5.11. The van der Waals surface area contributed by atoms with Crippen molar-refractivity contribution in [1.29, 1.82) is 0 Å². The van der Waals surface area contributed by atoms with Gasteiger partial charge in [0, 0.05) is 36.4 Å². The SMILES string of the molecule is CC(C)(C)CC(=O)Cl.Cc1cc(-n2c(N)nc3ccc(C)nc32)on1.Cc1cc(-n2c(NC(=O)CC(C)(C)C)nc3ccc(C)nc32)on1. The molecule has 3 N–H and O–H groups in total. The molecule has 0 aliphatic heterocycles. The normalized spacial score (nSPS) is 11.6. The number of fused-ring (bicyclic) bond motifs is 2. The molecule has 0 aliphatic rings. The third kappa shape index (κ3) is 9.95. The number of pyridine rings is 2. The molecule has 0 unspecified atom stereocenters. The summed E-state index contributed by atoms with van der Waals surface area (Å²) in [6.45, 7) is 19.5. The highest BCUT2D eigenvalue weighted by atomic mass is 35.5. The fraction of sp³-hybridized carbons (Fsp3) is 0.412. The molecule has 260 valence electrons. The van der Waals surface area contributed by atoms with Gasteiger partial charge in [0.15, 0.2) is 11.3 Å². The number of nitrogens with one attached hydrogen (secondary N) is 1. The lowest BCUT2D eigenvalue weighted by Gasteiger charge is -2.17. The molecule has 0 radical (unpaired) electrons. The number of aryl methyl sites for hydroxylation is 4. The molecule has 0 bridgehead atoms. The quantitative estimate of drug-likeness (QED) is 0.174. The van der Waals surface area contributed by atoms with Crippen molar-refractivity contribution in [3.8, 4) is 11.8 Å². The topological polar surface area (TPSA) is 186 Å². The van der Waals surface area contributed by atoms with Crippen LogP contribution in [0.25, 0.3) is 34.1 Å². The Morgan fingerprint density at radius 1 is 0.714 bits per heavy atom. The van der Waals surface area contributed by atoms with Crippen LogP contribution < -0.4 is 11.1 Å². The Morgan fingerprint density at radius 2 is 1.18 bits per heavy atom. The van der Waals surface area contributed by atoms with Gasteiger partial charge in [-0.1, -0.05) is 51.9 Å². The number of nitrogens with zero attached hydrogens (tertiary/aromatic N) is 8. The van der Waals surface area contributed by atoms with E-state index in [1.165, 1.54) is 0 Å². The number of hydrogen-bond donors (Lipinski definition) is 2. The van der Waals surface area contributed by atoms with Crippen LogP contribution in [0.4, 0.5) is 11.9 Å². The van der Waals surface area contributed by atoms with Gasteiger partial charge in [-0.05, 0) is 74.4 Å². The van der Waals surface area contributed by atoms with Crippen LogP contribution in [0.3, 0.4) is 0 Å². The number of amides is 1. The lowest BCUT2D eigenvalue weighted by Crippen LogP contribution is -2.21. The van der Waals surface area contributed by atoms with E-state index in [0.717, 1.165) is 28.3 Å². The van der Waals surface area contributed by atoms with E-state index in [0.29, 0.717) is 53.3 Å². The molecule has 0 saturated heterocycles. The number of imidazole rings is 2. The van der Waals surface area contributed by atoms with Crippen LogP contribution in [-0.2, 0) is 9.59 Å². The fourth-order valence-electron chi connectivity index (χ4n) is 4.61. The number of hydrogen-bond acceptors (Lipinski definition) is 11. The van der Waals surface area contributed by atoms with Gasteiger partial charge in [0.05, 0.1) is 11.4 Å². The Labute approximate surface area is 289 Å². The maximum atomic E-state index is 12.3. The maximum absolute atomic E-state index is 12.3. The molecule has 49 heavy (non-hydrogen) atoms. The third-order valence-electron chi connectivity index (χ3n) is 6.60. The minimum atomic E-state index is -0.252. The van der Waals surface area contributed by atoms with Crippen LogP contribution in [0.15, 0.2) is 45.4 Å². The summed E-state index contributed by atoms with van der Waals surface area (Å²) in [5.41, 5.74) is 11.8. The van der Waals surface area contributed by atoms with Crippen molar-refractivity contribution in [3.63, 3.8) is 0 Å². The van der Waals surface area contributed by atoms with Crippen LogP contribution in [0, 0.1) is 38.5 Å². The lowest BCUT2D eigenvalue weighted by atomic mass is 9.92. The summed E-state index contributed by atoms with van der Waals surface area (Å²) in [7, 11) is 0. The number of rotatable bonds is 5.